The molecule has 2 amide bonds. The molecule has 0 unspecified atom stereocenters. The molecule has 0 fully saturated rings. The summed E-state index contributed by atoms with van der Waals surface area (Å²) in [5.41, 5.74) is 3.72. The largest absolute Gasteiger partial charge is 0.493 e. The van der Waals surface area contributed by atoms with E-state index in [2.05, 4.69) is 15.8 Å². The van der Waals surface area contributed by atoms with Crippen LogP contribution in [0, 0.1) is 0 Å². The van der Waals surface area contributed by atoms with Gasteiger partial charge in [-0.1, -0.05) is 24.3 Å². The summed E-state index contributed by atoms with van der Waals surface area (Å²) in [6, 6.07) is 21.7. The Morgan fingerprint density at radius 2 is 1.50 bits per heavy atom. The van der Waals surface area contributed by atoms with E-state index in [4.69, 9.17) is 18.9 Å². The summed E-state index contributed by atoms with van der Waals surface area (Å²) >= 11 is 1.42. The molecule has 0 saturated carbocycles. The Kier molecular flexibility index (Phi) is 10.1. The van der Waals surface area contributed by atoms with Crippen LogP contribution in [-0.4, -0.2) is 45.3 Å². The van der Waals surface area contributed by atoms with Crippen molar-refractivity contribution in [2.75, 3.05) is 21.3 Å². The minimum atomic E-state index is -0.620. The number of rotatable bonds is 11. The smallest absolute Gasteiger partial charge is 0.343 e. The molecule has 10 nitrogen and oxygen atoms in total. The van der Waals surface area contributed by atoms with Gasteiger partial charge in [-0.25, -0.2) is 10.2 Å². The quantitative estimate of drug-likeness (QED) is 0.0842. The van der Waals surface area contributed by atoms with Crippen LogP contribution in [0.3, 0.4) is 0 Å². The van der Waals surface area contributed by atoms with Gasteiger partial charge in [0.1, 0.15) is 11.4 Å². The summed E-state index contributed by atoms with van der Waals surface area (Å²) < 4.78 is 21.3. The molecule has 2 N–H and O–H groups in total. The number of carbonyl (C=O) groups excluding carboxylic acids is 3. The first-order valence-corrected chi connectivity index (χ1v) is 13.4. The van der Waals surface area contributed by atoms with E-state index in [0.29, 0.717) is 34.1 Å². The zero-order valence-electron chi connectivity index (χ0n) is 23.0. The number of nitrogens with one attached hydrogen (secondary N) is 2. The van der Waals surface area contributed by atoms with Crippen molar-refractivity contribution in [3.05, 3.63) is 112 Å². The second-order valence-electron chi connectivity index (χ2n) is 8.47. The van der Waals surface area contributed by atoms with Crippen LogP contribution < -0.4 is 29.7 Å². The van der Waals surface area contributed by atoms with Gasteiger partial charge in [0, 0.05) is 10.4 Å². The van der Waals surface area contributed by atoms with Crippen LogP contribution in [-0.2, 0) is 4.79 Å². The van der Waals surface area contributed by atoms with Crippen LogP contribution in [0.5, 0.6) is 23.0 Å². The Hall–Kier alpha value is -5.42. The number of amides is 2. The number of hydrogen-bond donors (Lipinski definition) is 2. The van der Waals surface area contributed by atoms with Crippen LogP contribution >= 0.6 is 11.3 Å². The third kappa shape index (κ3) is 7.61. The number of hydrazone groups is 1. The zero-order chi connectivity index (χ0) is 29.9. The molecule has 0 spiro atoms. The van der Waals surface area contributed by atoms with Crippen LogP contribution in [0.25, 0.3) is 6.08 Å². The minimum Gasteiger partial charge on any atom is -0.493 e. The maximum atomic E-state index is 12.9. The fraction of sp³-hybridized carbons (Fsp3) is 0.0968. The second-order valence-corrected chi connectivity index (χ2v) is 9.44. The van der Waals surface area contributed by atoms with Crippen molar-refractivity contribution in [2.45, 2.75) is 0 Å². The molecule has 0 aliphatic carbocycles. The summed E-state index contributed by atoms with van der Waals surface area (Å²) in [4.78, 5) is 39.1. The fourth-order valence-electron chi connectivity index (χ4n) is 3.67. The van der Waals surface area contributed by atoms with Gasteiger partial charge < -0.3 is 24.3 Å². The molecule has 3 aromatic carbocycles. The molecule has 214 valence electrons. The van der Waals surface area contributed by atoms with E-state index >= 15 is 0 Å². The molecule has 1 aromatic heterocycles. The van der Waals surface area contributed by atoms with Crippen molar-refractivity contribution in [3.8, 4) is 23.0 Å². The van der Waals surface area contributed by atoms with Gasteiger partial charge in [0.05, 0.1) is 33.1 Å². The highest BCUT2D eigenvalue weighted by molar-refractivity contribution is 7.10. The number of benzene rings is 3. The maximum absolute atomic E-state index is 12.9. The van der Waals surface area contributed by atoms with Gasteiger partial charge in [-0.05, 0) is 71.6 Å². The SMILES string of the molecule is COc1cc(C(=O)Oc2ccc(/C=N/NC(=O)/C(=C\c3cccs3)NC(=O)c3ccccc3)cc2)cc(OC)c1OC. The third-order valence-corrected chi connectivity index (χ3v) is 6.55. The first kappa shape index (κ1) is 29.6. The Bertz CT molecular complexity index is 1570. The molecule has 0 aliphatic heterocycles. The van der Waals surface area contributed by atoms with Crippen LogP contribution in [0.15, 0.2) is 95.0 Å². The Morgan fingerprint density at radius 1 is 0.810 bits per heavy atom. The standard InChI is InChI=1S/C31H27N3O7S/c1-38-26-16-22(17-27(39-2)28(26)40-3)31(37)41-23-13-11-20(12-14-23)19-32-34-30(36)25(18-24-10-7-15-42-24)33-29(35)21-8-5-4-6-9-21/h4-19H,1-3H3,(H,33,35)(H,34,36)/b25-18+,32-19+. The van der Waals surface area contributed by atoms with Gasteiger partial charge in [-0.15, -0.1) is 11.3 Å². The lowest BCUT2D eigenvalue weighted by atomic mass is 10.2. The second kappa shape index (κ2) is 14.3. The lowest BCUT2D eigenvalue weighted by Crippen LogP contribution is -2.32. The first-order chi connectivity index (χ1) is 20.4. The van der Waals surface area contributed by atoms with Gasteiger partial charge in [-0.3, -0.25) is 9.59 Å². The fourth-order valence-corrected chi connectivity index (χ4v) is 4.33. The predicted molar refractivity (Wildman–Crippen MR) is 159 cm³/mol. The molecule has 0 bridgehead atoms. The van der Waals surface area contributed by atoms with Crippen molar-refractivity contribution in [1.82, 2.24) is 10.7 Å². The first-order valence-electron chi connectivity index (χ1n) is 12.5. The topological polar surface area (TPSA) is 125 Å². The van der Waals surface area contributed by atoms with Gasteiger partial charge in [0.15, 0.2) is 11.5 Å². The summed E-state index contributed by atoms with van der Waals surface area (Å²) in [7, 11) is 4.38. The minimum absolute atomic E-state index is 0.0394. The highest BCUT2D eigenvalue weighted by Gasteiger charge is 2.18. The Morgan fingerprint density at radius 3 is 2.10 bits per heavy atom. The van der Waals surface area contributed by atoms with Crippen molar-refractivity contribution in [2.24, 2.45) is 5.10 Å². The van der Waals surface area contributed by atoms with Crippen LogP contribution in [0.1, 0.15) is 31.2 Å². The Labute approximate surface area is 246 Å². The molecular formula is C31H27N3O7S. The number of ether oxygens (including phenoxy) is 4. The van der Waals surface area contributed by atoms with E-state index < -0.39 is 17.8 Å². The summed E-state index contributed by atoms with van der Waals surface area (Å²) in [5.74, 6) is -0.338. The normalized spacial score (nSPS) is 11.1. The van der Waals surface area contributed by atoms with E-state index in [9.17, 15) is 14.4 Å². The van der Waals surface area contributed by atoms with Crippen LogP contribution in [0.4, 0.5) is 0 Å². The van der Waals surface area contributed by atoms with Gasteiger partial charge >= 0.3 is 5.97 Å². The van der Waals surface area contributed by atoms with Crippen molar-refractivity contribution in [3.63, 3.8) is 0 Å². The number of methoxy groups -OCH3 is 3. The lowest BCUT2D eigenvalue weighted by Gasteiger charge is -2.13. The molecule has 11 heteroatoms. The highest BCUT2D eigenvalue weighted by atomic mass is 32.1. The van der Waals surface area contributed by atoms with E-state index in [0.717, 1.165) is 4.88 Å². The van der Waals surface area contributed by atoms with Crippen molar-refractivity contribution >= 4 is 41.4 Å². The number of carbonyl (C=O) groups is 3. The zero-order valence-corrected chi connectivity index (χ0v) is 23.8. The molecule has 0 aliphatic rings. The van der Waals surface area contributed by atoms with Crippen molar-refractivity contribution in [1.29, 1.82) is 0 Å². The van der Waals surface area contributed by atoms with Crippen LogP contribution in [0.2, 0.25) is 0 Å². The van der Waals surface area contributed by atoms with Gasteiger partial charge in [0.2, 0.25) is 5.75 Å². The third-order valence-electron chi connectivity index (χ3n) is 5.73. The summed E-state index contributed by atoms with van der Waals surface area (Å²) in [6.45, 7) is 0. The van der Waals surface area contributed by atoms with Gasteiger partial charge in [0.25, 0.3) is 11.8 Å². The molecule has 4 aromatic rings. The summed E-state index contributed by atoms with van der Waals surface area (Å²) in [6.07, 6.45) is 3.00. The number of esters is 1. The van der Waals surface area contributed by atoms with E-state index in [-0.39, 0.29) is 11.3 Å². The predicted octanol–water partition coefficient (Wildman–Crippen LogP) is 4.91. The molecule has 1 heterocycles. The Balaban J connectivity index is 1.40. The average molecular weight is 586 g/mol. The van der Waals surface area contributed by atoms with Crippen molar-refractivity contribution < 1.29 is 33.3 Å². The highest BCUT2D eigenvalue weighted by Crippen LogP contribution is 2.38. The number of thiophene rings is 1. The molecule has 4 rings (SSSR count). The summed E-state index contributed by atoms with van der Waals surface area (Å²) in [5, 5.41) is 8.52. The molecule has 0 radical (unpaired) electrons. The molecule has 0 atom stereocenters. The maximum Gasteiger partial charge on any atom is 0.343 e. The van der Waals surface area contributed by atoms with E-state index in [1.165, 1.54) is 51.0 Å². The number of nitrogens with zero attached hydrogens (tertiary/aromatic N) is 1. The average Bonchev–Trinajstić information content (AvgIpc) is 3.54. The van der Waals surface area contributed by atoms with Gasteiger partial charge in [-0.2, -0.15) is 5.10 Å². The van der Waals surface area contributed by atoms with E-state index in [1.54, 1.807) is 60.7 Å². The number of hydrogen-bond acceptors (Lipinski definition) is 9. The lowest BCUT2D eigenvalue weighted by molar-refractivity contribution is -0.117. The molecule has 42 heavy (non-hydrogen) atoms. The monoisotopic (exact) mass is 585 g/mol. The van der Waals surface area contributed by atoms with E-state index in [1.807, 2.05) is 17.5 Å². The molecular weight excluding hydrogens is 558 g/mol. The molecule has 0 saturated heterocycles.